The maximum Gasteiger partial charge on any atom is 0.306 e. The van der Waals surface area contributed by atoms with Crippen LogP contribution in [0.1, 0.15) is 116 Å². The minimum atomic E-state index is -0.906. The lowest BCUT2D eigenvalue weighted by Gasteiger charge is -2.30. The van der Waals surface area contributed by atoms with Gasteiger partial charge in [0.05, 0.1) is 17.9 Å². The quantitative estimate of drug-likeness (QED) is 0.168. The maximum absolute atomic E-state index is 11.2. The van der Waals surface area contributed by atoms with Crippen LogP contribution in [-0.4, -0.2) is 34.9 Å². The van der Waals surface area contributed by atoms with Crippen molar-refractivity contribution in [2.45, 2.75) is 122 Å². The number of unbranched alkanes of at least 4 members (excludes halogenated alkanes) is 12. The van der Waals surface area contributed by atoms with Crippen molar-refractivity contribution in [3.8, 4) is 0 Å². The Kier molecular flexibility index (Phi) is 16.3. The van der Waals surface area contributed by atoms with Crippen LogP contribution in [0.25, 0.3) is 0 Å². The highest BCUT2D eigenvalue weighted by molar-refractivity contribution is 5.74. The van der Waals surface area contributed by atoms with E-state index in [1.807, 2.05) is 0 Å². The smallest absolute Gasteiger partial charge is 0.306 e. The first-order valence-electron chi connectivity index (χ1n) is 12.8. The van der Waals surface area contributed by atoms with Gasteiger partial charge in [0.1, 0.15) is 0 Å². The van der Waals surface area contributed by atoms with Gasteiger partial charge in [-0.3, -0.25) is 9.59 Å². The Bertz CT molecular complexity index is 480. The standard InChI is InChI=1S/C26H46O5/c1-2-3-4-5-6-7-8-9-10-11-12-13-14-15-16-17-18-31-24-20-22(25(27)28)19-23(21-24)26(29)30/h9-10,22-24H,2-8,11-21H2,1H3,(H,27,28)(H,29,30)/b10-9-. The molecule has 0 aliphatic heterocycles. The van der Waals surface area contributed by atoms with Crippen molar-refractivity contribution in [2.75, 3.05) is 6.61 Å². The highest BCUT2D eigenvalue weighted by Gasteiger charge is 2.36. The van der Waals surface area contributed by atoms with Crippen molar-refractivity contribution in [1.29, 1.82) is 0 Å². The number of ether oxygens (including phenoxy) is 1. The zero-order valence-electron chi connectivity index (χ0n) is 19.7. The van der Waals surface area contributed by atoms with Crippen LogP contribution in [0.15, 0.2) is 12.2 Å². The summed E-state index contributed by atoms with van der Waals surface area (Å²) in [5.74, 6) is -3.01. The first-order valence-corrected chi connectivity index (χ1v) is 12.8. The summed E-state index contributed by atoms with van der Waals surface area (Å²) in [6.45, 7) is 2.86. The first kappa shape index (κ1) is 27.7. The fraction of sp³-hybridized carbons (Fsp3) is 0.846. The molecule has 0 bridgehead atoms. The summed E-state index contributed by atoms with van der Waals surface area (Å²) in [5.41, 5.74) is 0. The molecule has 0 spiro atoms. The number of allylic oxidation sites excluding steroid dienone is 2. The van der Waals surface area contributed by atoms with Crippen molar-refractivity contribution in [2.24, 2.45) is 11.8 Å². The number of carbonyl (C=O) groups is 2. The van der Waals surface area contributed by atoms with E-state index in [4.69, 9.17) is 4.74 Å². The number of hydrogen-bond donors (Lipinski definition) is 2. The van der Waals surface area contributed by atoms with E-state index in [-0.39, 0.29) is 12.5 Å². The summed E-state index contributed by atoms with van der Waals surface area (Å²) in [7, 11) is 0. The van der Waals surface area contributed by atoms with Gasteiger partial charge in [-0.1, -0.05) is 76.9 Å². The first-order chi connectivity index (χ1) is 15.0. The molecule has 2 unspecified atom stereocenters. The maximum atomic E-state index is 11.2. The molecule has 1 aliphatic carbocycles. The summed E-state index contributed by atoms with van der Waals surface area (Å²) < 4.78 is 5.83. The van der Waals surface area contributed by atoms with E-state index in [0.29, 0.717) is 19.4 Å². The molecule has 5 nitrogen and oxygen atoms in total. The second-order valence-electron chi connectivity index (χ2n) is 9.21. The van der Waals surface area contributed by atoms with Gasteiger partial charge >= 0.3 is 11.9 Å². The van der Waals surface area contributed by atoms with Crippen LogP contribution in [-0.2, 0) is 14.3 Å². The van der Waals surface area contributed by atoms with Gasteiger partial charge in [-0.05, 0) is 51.4 Å². The zero-order chi connectivity index (χ0) is 22.7. The molecule has 180 valence electrons. The largest absolute Gasteiger partial charge is 0.481 e. The number of aliphatic carboxylic acids is 2. The molecule has 1 saturated carbocycles. The van der Waals surface area contributed by atoms with Gasteiger partial charge in [-0.2, -0.15) is 0 Å². The number of carboxylic acid groups (broad SMARTS) is 2. The summed E-state index contributed by atoms with van der Waals surface area (Å²) in [5, 5.41) is 18.4. The molecule has 0 aromatic carbocycles. The lowest BCUT2D eigenvalue weighted by molar-refractivity contribution is -0.152. The number of hydrogen-bond acceptors (Lipinski definition) is 3. The molecule has 2 N–H and O–H groups in total. The van der Waals surface area contributed by atoms with Crippen molar-refractivity contribution in [3.05, 3.63) is 12.2 Å². The highest BCUT2D eigenvalue weighted by atomic mass is 16.5. The van der Waals surface area contributed by atoms with Crippen LogP contribution >= 0.6 is 0 Å². The Labute approximate surface area is 189 Å². The predicted molar refractivity (Wildman–Crippen MR) is 125 cm³/mol. The summed E-state index contributed by atoms with van der Waals surface area (Å²) in [6.07, 6.45) is 23.2. The normalized spacial score (nSPS) is 21.5. The molecule has 31 heavy (non-hydrogen) atoms. The molecular weight excluding hydrogens is 392 g/mol. The summed E-state index contributed by atoms with van der Waals surface area (Å²) in [4.78, 5) is 22.5. The van der Waals surface area contributed by atoms with Gasteiger partial charge in [0.25, 0.3) is 0 Å². The Morgan fingerprint density at radius 1 is 0.710 bits per heavy atom. The van der Waals surface area contributed by atoms with E-state index in [2.05, 4.69) is 19.1 Å². The minimum Gasteiger partial charge on any atom is -0.481 e. The molecule has 0 radical (unpaired) electrons. The van der Waals surface area contributed by atoms with Gasteiger partial charge in [0, 0.05) is 6.61 Å². The van der Waals surface area contributed by atoms with Gasteiger partial charge < -0.3 is 14.9 Å². The molecule has 0 heterocycles. The van der Waals surface area contributed by atoms with E-state index in [0.717, 1.165) is 12.8 Å². The van der Waals surface area contributed by atoms with Gasteiger partial charge in [0.15, 0.2) is 0 Å². The SMILES string of the molecule is CCCCCCCC/C=C\CCCCCCCCOC1CC(C(=O)O)CC(C(=O)O)C1. The van der Waals surface area contributed by atoms with Crippen LogP contribution in [0.3, 0.4) is 0 Å². The third-order valence-corrected chi connectivity index (χ3v) is 6.37. The summed E-state index contributed by atoms with van der Waals surface area (Å²) >= 11 is 0. The van der Waals surface area contributed by atoms with Crippen LogP contribution in [0.4, 0.5) is 0 Å². The van der Waals surface area contributed by atoms with E-state index in [1.165, 1.54) is 77.0 Å². The van der Waals surface area contributed by atoms with E-state index in [1.54, 1.807) is 0 Å². The number of carboxylic acids is 2. The molecule has 0 aromatic rings. The van der Waals surface area contributed by atoms with Crippen LogP contribution in [0.2, 0.25) is 0 Å². The van der Waals surface area contributed by atoms with Gasteiger partial charge in [-0.25, -0.2) is 0 Å². The average molecular weight is 439 g/mol. The fourth-order valence-corrected chi connectivity index (χ4v) is 4.41. The topological polar surface area (TPSA) is 83.8 Å². The molecular formula is C26H46O5. The second kappa shape index (κ2) is 18.2. The zero-order valence-corrected chi connectivity index (χ0v) is 19.7. The van der Waals surface area contributed by atoms with Crippen molar-refractivity contribution < 1.29 is 24.5 Å². The molecule has 0 saturated heterocycles. The Balaban J connectivity index is 1.93. The molecule has 1 fully saturated rings. The number of rotatable bonds is 19. The molecule has 1 aliphatic rings. The molecule has 0 aromatic heterocycles. The van der Waals surface area contributed by atoms with E-state index >= 15 is 0 Å². The van der Waals surface area contributed by atoms with Gasteiger partial charge in [-0.15, -0.1) is 0 Å². The summed E-state index contributed by atoms with van der Waals surface area (Å²) in [6, 6.07) is 0. The van der Waals surface area contributed by atoms with Gasteiger partial charge in [0.2, 0.25) is 0 Å². The predicted octanol–water partition coefficient (Wildman–Crippen LogP) is 6.99. The van der Waals surface area contributed by atoms with Crippen molar-refractivity contribution >= 4 is 11.9 Å². The second-order valence-corrected chi connectivity index (χ2v) is 9.21. The monoisotopic (exact) mass is 438 g/mol. The molecule has 0 amide bonds. The molecule has 1 rings (SSSR count). The van der Waals surface area contributed by atoms with E-state index in [9.17, 15) is 19.8 Å². The Hall–Kier alpha value is -1.36. The fourth-order valence-electron chi connectivity index (χ4n) is 4.41. The van der Waals surface area contributed by atoms with Crippen LogP contribution in [0.5, 0.6) is 0 Å². The molecule has 2 atom stereocenters. The lowest BCUT2D eigenvalue weighted by atomic mass is 9.80. The van der Waals surface area contributed by atoms with Crippen LogP contribution in [0, 0.1) is 11.8 Å². The Morgan fingerprint density at radius 2 is 1.16 bits per heavy atom. The van der Waals surface area contributed by atoms with Crippen LogP contribution < -0.4 is 0 Å². The lowest BCUT2D eigenvalue weighted by Crippen LogP contribution is -2.35. The minimum absolute atomic E-state index is 0.221. The highest BCUT2D eigenvalue weighted by Crippen LogP contribution is 2.31. The molecule has 5 heteroatoms. The van der Waals surface area contributed by atoms with Crippen molar-refractivity contribution in [3.63, 3.8) is 0 Å². The Morgan fingerprint density at radius 3 is 1.65 bits per heavy atom. The third-order valence-electron chi connectivity index (χ3n) is 6.37. The average Bonchev–Trinajstić information content (AvgIpc) is 2.75. The van der Waals surface area contributed by atoms with E-state index < -0.39 is 23.8 Å². The van der Waals surface area contributed by atoms with Crippen molar-refractivity contribution in [1.82, 2.24) is 0 Å². The third kappa shape index (κ3) is 14.3.